The van der Waals surface area contributed by atoms with Gasteiger partial charge in [-0.3, -0.25) is 4.79 Å². The molecule has 1 amide bonds. The van der Waals surface area contributed by atoms with Crippen LogP contribution in [-0.4, -0.2) is 18.7 Å². The molecule has 1 heterocycles. The number of rotatable bonds is 6. The quantitative estimate of drug-likeness (QED) is 0.610. The van der Waals surface area contributed by atoms with Crippen LogP contribution in [0.3, 0.4) is 0 Å². The van der Waals surface area contributed by atoms with Gasteiger partial charge >= 0.3 is 0 Å². The van der Waals surface area contributed by atoms with Crippen LogP contribution in [0.2, 0.25) is 0 Å². The summed E-state index contributed by atoms with van der Waals surface area (Å²) in [5.41, 5.74) is 4.57. The lowest BCUT2D eigenvalue weighted by Gasteiger charge is -2.14. The number of ether oxygens (including phenoxy) is 1. The first-order chi connectivity index (χ1) is 11.0. The van der Waals surface area contributed by atoms with Gasteiger partial charge < -0.3 is 9.15 Å². The van der Waals surface area contributed by atoms with Gasteiger partial charge in [-0.25, -0.2) is 5.43 Å². The third-order valence-electron chi connectivity index (χ3n) is 3.12. The van der Waals surface area contributed by atoms with Crippen molar-refractivity contribution in [1.29, 1.82) is 0 Å². The molecule has 0 aliphatic carbocycles. The standard InChI is InChI=1S/C17H19BrN2O3/c1-11(2)14-6-4-12(3)8-15(14)22-10-17(21)20-19-9-13-5-7-16(18)23-13/h4-9,11H,10H2,1-3H3,(H,20,21). The van der Waals surface area contributed by atoms with E-state index in [4.69, 9.17) is 9.15 Å². The van der Waals surface area contributed by atoms with Crippen molar-refractivity contribution in [2.75, 3.05) is 6.61 Å². The normalized spacial score (nSPS) is 11.2. The van der Waals surface area contributed by atoms with Gasteiger partial charge in [0.05, 0.1) is 6.21 Å². The van der Waals surface area contributed by atoms with Gasteiger partial charge in [-0.15, -0.1) is 0 Å². The SMILES string of the molecule is Cc1ccc(C(C)C)c(OCC(=O)NN=Cc2ccc(Br)o2)c1. The number of carbonyl (C=O) groups excluding carboxylic acids is 1. The zero-order valence-corrected chi connectivity index (χ0v) is 14.9. The van der Waals surface area contributed by atoms with Crippen molar-refractivity contribution in [2.24, 2.45) is 5.10 Å². The molecule has 6 heteroatoms. The van der Waals surface area contributed by atoms with Crippen LogP contribution in [0.4, 0.5) is 0 Å². The van der Waals surface area contributed by atoms with Crippen LogP contribution in [0.15, 0.2) is 44.5 Å². The second-order valence-corrected chi connectivity index (χ2v) is 6.20. The van der Waals surface area contributed by atoms with Crippen molar-refractivity contribution in [3.63, 3.8) is 0 Å². The first-order valence-electron chi connectivity index (χ1n) is 7.26. The topological polar surface area (TPSA) is 63.8 Å². The maximum atomic E-state index is 11.8. The molecule has 1 aromatic carbocycles. The Morgan fingerprint density at radius 1 is 1.39 bits per heavy atom. The minimum Gasteiger partial charge on any atom is -0.483 e. The Labute approximate surface area is 143 Å². The van der Waals surface area contributed by atoms with Gasteiger partial charge in [0.15, 0.2) is 11.3 Å². The van der Waals surface area contributed by atoms with Crippen molar-refractivity contribution >= 4 is 28.1 Å². The molecule has 1 N–H and O–H groups in total. The number of hydrogen-bond donors (Lipinski definition) is 1. The van der Waals surface area contributed by atoms with Gasteiger partial charge in [0.25, 0.3) is 5.91 Å². The number of benzene rings is 1. The molecule has 0 aliphatic heterocycles. The molecule has 0 spiro atoms. The van der Waals surface area contributed by atoms with E-state index in [9.17, 15) is 4.79 Å². The average molecular weight is 379 g/mol. The summed E-state index contributed by atoms with van der Waals surface area (Å²) in [6, 6.07) is 9.48. The van der Waals surface area contributed by atoms with Crippen LogP contribution >= 0.6 is 15.9 Å². The molecular weight excluding hydrogens is 360 g/mol. The smallest absolute Gasteiger partial charge is 0.277 e. The van der Waals surface area contributed by atoms with E-state index in [1.54, 1.807) is 12.1 Å². The third kappa shape index (κ3) is 5.25. The van der Waals surface area contributed by atoms with Crippen molar-refractivity contribution in [3.8, 4) is 5.75 Å². The van der Waals surface area contributed by atoms with E-state index in [0.29, 0.717) is 16.3 Å². The molecule has 0 radical (unpaired) electrons. The first-order valence-corrected chi connectivity index (χ1v) is 8.05. The first kappa shape index (κ1) is 17.3. The largest absolute Gasteiger partial charge is 0.483 e. The molecule has 5 nitrogen and oxygen atoms in total. The van der Waals surface area contributed by atoms with Crippen LogP contribution in [0.25, 0.3) is 0 Å². The summed E-state index contributed by atoms with van der Waals surface area (Å²) in [7, 11) is 0. The molecular formula is C17H19BrN2O3. The number of nitrogens with one attached hydrogen (secondary N) is 1. The molecule has 0 saturated heterocycles. The number of furan rings is 1. The van der Waals surface area contributed by atoms with Crippen LogP contribution in [0, 0.1) is 6.92 Å². The molecule has 2 aromatic rings. The van der Waals surface area contributed by atoms with Crippen molar-refractivity contribution < 1.29 is 13.9 Å². The molecule has 2 rings (SSSR count). The number of hydrogen-bond acceptors (Lipinski definition) is 4. The van der Waals surface area contributed by atoms with Gasteiger partial charge in [0.1, 0.15) is 11.5 Å². The summed E-state index contributed by atoms with van der Waals surface area (Å²) in [5.74, 6) is 1.26. The fraction of sp³-hybridized carbons (Fsp3) is 0.294. The Hall–Kier alpha value is -2.08. The van der Waals surface area contributed by atoms with Crippen molar-refractivity contribution in [3.05, 3.63) is 51.9 Å². The fourth-order valence-corrected chi connectivity index (χ4v) is 2.30. The fourth-order valence-electron chi connectivity index (χ4n) is 1.98. The Morgan fingerprint density at radius 2 is 2.17 bits per heavy atom. The van der Waals surface area contributed by atoms with Gasteiger partial charge in [-0.1, -0.05) is 26.0 Å². The summed E-state index contributed by atoms with van der Waals surface area (Å²) in [4.78, 5) is 11.8. The van der Waals surface area contributed by atoms with E-state index in [2.05, 4.69) is 40.3 Å². The number of hydrazone groups is 1. The molecule has 23 heavy (non-hydrogen) atoms. The van der Waals surface area contributed by atoms with Crippen LogP contribution in [-0.2, 0) is 4.79 Å². The van der Waals surface area contributed by atoms with Crippen LogP contribution in [0.1, 0.15) is 36.7 Å². The number of aryl methyl sites for hydroxylation is 1. The highest BCUT2D eigenvalue weighted by Gasteiger charge is 2.10. The summed E-state index contributed by atoms with van der Waals surface area (Å²) in [6.07, 6.45) is 1.43. The second-order valence-electron chi connectivity index (χ2n) is 5.42. The number of amides is 1. The number of carbonyl (C=O) groups is 1. The Bertz CT molecular complexity index is 708. The molecule has 0 aliphatic rings. The highest BCUT2D eigenvalue weighted by molar-refractivity contribution is 9.10. The highest BCUT2D eigenvalue weighted by Crippen LogP contribution is 2.27. The summed E-state index contributed by atoms with van der Waals surface area (Å²) in [6.45, 7) is 6.07. The minimum atomic E-state index is -0.330. The molecule has 0 fully saturated rings. The minimum absolute atomic E-state index is 0.0949. The Kier molecular flexibility index (Phi) is 5.98. The van der Waals surface area contributed by atoms with Crippen molar-refractivity contribution in [1.82, 2.24) is 5.43 Å². The summed E-state index contributed by atoms with van der Waals surface area (Å²) >= 11 is 3.19. The maximum absolute atomic E-state index is 11.8. The summed E-state index contributed by atoms with van der Waals surface area (Å²) in [5, 5.41) is 3.82. The van der Waals surface area contributed by atoms with Gasteiger partial charge in [0, 0.05) is 0 Å². The van der Waals surface area contributed by atoms with E-state index in [1.165, 1.54) is 6.21 Å². The lowest BCUT2D eigenvalue weighted by atomic mass is 10.0. The average Bonchev–Trinajstić information content (AvgIpc) is 2.90. The molecule has 0 bridgehead atoms. The predicted molar refractivity (Wildman–Crippen MR) is 92.9 cm³/mol. The van der Waals surface area contributed by atoms with Gasteiger partial charge in [-0.05, 0) is 58.1 Å². The van der Waals surface area contributed by atoms with Crippen LogP contribution < -0.4 is 10.2 Å². The van der Waals surface area contributed by atoms with Gasteiger partial charge in [-0.2, -0.15) is 5.10 Å². The number of nitrogens with zero attached hydrogens (tertiary/aromatic N) is 1. The Balaban J connectivity index is 1.89. The molecule has 0 atom stereocenters. The van der Waals surface area contributed by atoms with E-state index in [0.717, 1.165) is 16.9 Å². The zero-order valence-electron chi connectivity index (χ0n) is 13.3. The third-order valence-corrected chi connectivity index (χ3v) is 3.55. The second kappa shape index (κ2) is 7.97. The number of halogens is 1. The molecule has 1 aromatic heterocycles. The molecule has 122 valence electrons. The molecule has 0 unspecified atom stereocenters. The van der Waals surface area contributed by atoms with E-state index < -0.39 is 0 Å². The van der Waals surface area contributed by atoms with E-state index in [1.807, 2.05) is 25.1 Å². The van der Waals surface area contributed by atoms with E-state index in [-0.39, 0.29) is 12.5 Å². The maximum Gasteiger partial charge on any atom is 0.277 e. The van der Waals surface area contributed by atoms with Crippen LogP contribution in [0.5, 0.6) is 5.75 Å². The lowest BCUT2D eigenvalue weighted by molar-refractivity contribution is -0.123. The van der Waals surface area contributed by atoms with Gasteiger partial charge in [0.2, 0.25) is 0 Å². The lowest BCUT2D eigenvalue weighted by Crippen LogP contribution is -2.24. The van der Waals surface area contributed by atoms with E-state index >= 15 is 0 Å². The Morgan fingerprint density at radius 3 is 2.83 bits per heavy atom. The monoisotopic (exact) mass is 378 g/mol. The molecule has 0 saturated carbocycles. The zero-order chi connectivity index (χ0) is 16.8. The summed E-state index contributed by atoms with van der Waals surface area (Å²) < 4.78 is 11.5. The van der Waals surface area contributed by atoms with Crippen molar-refractivity contribution in [2.45, 2.75) is 26.7 Å². The highest BCUT2D eigenvalue weighted by atomic mass is 79.9. The predicted octanol–water partition coefficient (Wildman–Crippen LogP) is 4.00.